The molecule has 0 amide bonds. The van der Waals surface area contributed by atoms with Crippen LogP contribution in [-0.2, 0) is 10.0 Å². The average Bonchev–Trinajstić information content (AvgIpc) is 2.38. The molecule has 1 aromatic carbocycles. The highest BCUT2D eigenvalue weighted by Crippen LogP contribution is 2.28. The van der Waals surface area contributed by atoms with Crippen LogP contribution in [0.1, 0.15) is 19.8 Å². The van der Waals surface area contributed by atoms with E-state index in [-0.39, 0.29) is 23.2 Å². The maximum Gasteiger partial charge on any atom is 0.244 e. The molecule has 6 nitrogen and oxygen atoms in total. The summed E-state index contributed by atoms with van der Waals surface area (Å²) in [5.74, 6) is 0. The maximum atomic E-state index is 12.1. The summed E-state index contributed by atoms with van der Waals surface area (Å²) in [4.78, 5) is 0.0989. The van der Waals surface area contributed by atoms with Crippen LogP contribution in [0.5, 0.6) is 0 Å². The normalized spacial score (nSPS) is 13.4. The highest BCUT2D eigenvalue weighted by atomic mass is 32.2. The Labute approximate surface area is 120 Å². The van der Waals surface area contributed by atoms with E-state index in [0.29, 0.717) is 12.1 Å². The van der Waals surface area contributed by atoms with Crippen LogP contribution in [0.2, 0.25) is 0 Å². The van der Waals surface area contributed by atoms with Crippen molar-refractivity contribution in [1.82, 2.24) is 4.31 Å². The van der Waals surface area contributed by atoms with Gasteiger partial charge in [0, 0.05) is 26.7 Å². The summed E-state index contributed by atoms with van der Waals surface area (Å²) in [6.45, 7) is 2.10. The van der Waals surface area contributed by atoms with E-state index in [2.05, 4.69) is 5.32 Å². The number of nitrogens with zero attached hydrogens (tertiary/aromatic N) is 1. The molecule has 1 rings (SSSR count). The van der Waals surface area contributed by atoms with E-state index in [4.69, 9.17) is 10.8 Å². The number of nitrogens with one attached hydrogen (secondary N) is 1. The molecule has 0 heterocycles. The molecule has 0 aromatic heterocycles. The van der Waals surface area contributed by atoms with Gasteiger partial charge in [-0.25, -0.2) is 12.7 Å². The Morgan fingerprint density at radius 3 is 2.60 bits per heavy atom. The van der Waals surface area contributed by atoms with E-state index in [1.807, 2.05) is 6.92 Å². The van der Waals surface area contributed by atoms with Crippen molar-refractivity contribution in [2.75, 3.05) is 31.8 Å². The molecule has 1 aromatic rings. The third-order valence-corrected chi connectivity index (χ3v) is 4.90. The van der Waals surface area contributed by atoms with Crippen molar-refractivity contribution in [1.29, 1.82) is 0 Å². The standard InChI is InChI=1S/C13H23N3O3S/c1-10(6-5-9-17)15-11-7-4-8-12(13(11)14)20(18,19)16(2)3/h4,7-8,10,15,17H,5-6,9,14H2,1-3H3. The molecule has 20 heavy (non-hydrogen) atoms. The molecule has 7 heteroatoms. The molecule has 0 fully saturated rings. The van der Waals surface area contributed by atoms with Crippen LogP contribution in [0.15, 0.2) is 23.1 Å². The van der Waals surface area contributed by atoms with Crippen LogP contribution < -0.4 is 11.1 Å². The van der Waals surface area contributed by atoms with Crippen LogP contribution >= 0.6 is 0 Å². The van der Waals surface area contributed by atoms with Gasteiger partial charge in [-0.3, -0.25) is 0 Å². The summed E-state index contributed by atoms with van der Waals surface area (Å²) in [6, 6.07) is 5.00. The minimum Gasteiger partial charge on any atom is -0.396 e. The van der Waals surface area contributed by atoms with Crippen LogP contribution in [0.25, 0.3) is 0 Å². The first-order valence-electron chi connectivity index (χ1n) is 6.49. The molecule has 0 aliphatic carbocycles. The highest BCUT2D eigenvalue weighted by Gasteiger charge is 2.21. The van der Waals surface area contributed by atoms with Crippen molar-refractivity contribution in [3.63, 3.8) is 0 Å². The Bertz CT molecular complexity index is 544. The van der Waals surface area contributed by atoms with Gasteiger partial charge in [0.05, 0.1) is 11.4 Å². The van der Waals surface area contributed by atoms with E-state index in [0.717, 1.165) is 10.7 Å². The number of nitrogen functional groups attached to an aromatic ring is 1. The fourth-order valence-electron chi connectivity index (χ4n) is 1.83. The largest absolute Gasteiger partial charge is 0.396 e. The lowest BCUT2D eigenvalue weighted by Crippen LogP contribution is -2.24. The van der Waals surface area contributed by atoms with E-state index >= 15 is 0 Å². The number of nitrogens with two attached hydrogens (primary N) is 1. The fraction of sp³-hybridized carbons (Fsp3) is 0.538. The van der Waals surface area contributed by atoms with Gasteiger partial charge in [0.1, 0.15) is 4.90 Å². The number of aliphatic hydroxyl groups is 1. The second-order valence-corrected chi connectivity index (χ2v) is 7.04. The Kier molecular flexibility index (Phi) is 5.79. The maximum absolute atomic E-state index is 12.1. The summed E-state index contributed by atoms with van der Waals surface area (Å²) in [5.41, 5.74) is 6.78. The SMILES string of the molecule is CC(CCCO)Nc1cccc(S(=O)(=O)N(C)C)c1N. The molecule has 0 bridgehead atoms. The number of aliphatic hydroxyl groups excluding tert-OH is 1. The molecule has 0 radical (unpaired) electrons. The number of anilines is 2. The van der Waals surface area contributed by atoms with Gasteiger partial charge in [0.2, 0.25) is 10.0 Å². The predicted octanol–water partition coefficient (Wildman–Crippen LogP) is 1.09. The Balaban J connectivity index is 3.02. The molecular weight excluding hydrogens is 278 g/mol. The second-order valence-electron chi connectivity index (χ2n) is 4.92. The molecule has 0 aliphatic rings. The van der Waals surface area contributed by atoms with Crippen molar-refractivity contribution in [2.24, 2.45) is 0 Å². The number of para-hydroxylation sites is 1. The lowest BCUT2D eigenvalue weighted by atomic mass is 10.1. The molecule has 0 aliphatic heterocycles. The predicted molar refractivity (Wildman–Crippen MR) is 81.1 cm³/mol. The first kappa shape index (κ1) is 16.7. The Morgan fingerprint density at radius 1 is 1.40 bits per heavy atom. The number of hydrogen-bond donors (Lipinski definition) is 3. The summed E-state index contributed by atoms with van der Waals surface area (Å²) >= 11 is 0. The van der Waals surface area contributed by atoms with E-state index in [9.17, 15) is 8.42 Å². The molecular formula is C13H23N3O3S. The van der Waals surface area contributed by atoms with Gasteiger partial charge in [-0.05, 0) is 31.9 Å². The third kappa shape index (κ3) is 3.84. The lowest BCUT2D eigenvalue weighted by Gasteiger charge is -2.19. The summed E-state index contributed by atoms with van der Waals surface area (Å²) in [5, 5.41) is 12.0. The number of rotatable bonds is 7. The van der Waals surface area contributed by atoms with Gasteiger partial charge in [0.25, 0.3) is 0 Å². The topological polar surface area (TPSA) is 95.7 Å². The molecule has 0 saturated carbocycles. The summed E-state index contributed by atoms with van der Waals surface area (Å²) in [7, 11) is -0.613. The second kappa shape index (κ2) is 6.92. The Morgan fingerprint density at radius 2 is 2.05 bits per heavy atom. The van der Waals surface area contributed by atoms with Crippen molar-refractivity contribution >= 4 is 21.4 Å². The number of hydrogen-bond acceptors (Lipinski definition) is 5. The van der Waals surface area contributed by atoms with Crippen LogP contribution in [-0.4, -0.2) is 44.6 Å². The van der Waals surface area contributed by atoms with Crippen molar-refractivity contribution in [2.45, 2.75) is 30.7 Å². The number of benzene rings is 1. The van der Waals surface area contributed by atoms with Gasteiger partial charge in [0.15, 0.2) is 0 Å². The molecule has 114 valence electrons. The number of sulfonamides is 1. The van der Waals surface area contributed by atoms with Crippen LogP contribution in [0.4, 0.5) is 11.4 Å². The quantitative estimate of drug-likeness (QED) is 0.655. The zero-order valence-corrected chi connectivity index (χ0v) is 12.9. The zero-order chi connectivity index (χ0) is 15.3. The summed E-state index contributed by atoms with van der Waals surface area (Å²) in [6.07, 6.45) is 1.46. The lowest BCUT2D eigenvalue weighted by molar-refractivity contribution is 0.282. The first-order valence-corrected chi connectivity index (χ1v) is 7.93. The molecule has 1 unspecified atom stereocenters. The molecule has 0 spiro atoms. The minimum absolute atomic E-state index is 0.0989. The van der Waals surface area contributed by atoms with E-state index in [1.165, 1.54) is 20.2 Å². The van der Waals surface area contributed by atoms with Gasteiger partial charge >= 0.3 is 0 Å². The van der Waals surface area contributed by atoms with E-state index in [1.54, 1.807) is 12.1 Å². The van der Waals surface area contributed by atoms with Crippen LogP contribution in [0.3, 0.4) is 0 Å². The van der Waals surface area contributed by atoms with Crippen LogP contribution in [0, 0.1) is 0 Å². The third-order valence-electron chi connectivity index (χ3n) is 3.02. The van der Waals surface area contributed by atoms with Crippen molar-refractivity contribution in [3.8, 4) is 0 Å². The van der Waals surface area contributed by atoms with Crippen molar-refractivity contribution < 1.29 is 13.5 Å². The summed E-state index contributed by atoms with van der Waals surface area (Å²) < 4.78 is 25.4. The van der Waals surface area contributed by atoms with Crippen molar-refractivity contribution in [3.05, 3.63) is 18.2 Å². The van der Waals surface area contributed by atoms with Gasteiger partial charge in [-0.2, -0.15) is 0 Å². The smallest absolute Gasteiger partial charge is 0.244 e. The monoisotopic (exact) mass is 301 g/mol. The minimum atomic E-state index is -3.55. The van der Waals surface area contributed by atoms with E-state index < -0.39 is 10.0 Å². The van der Waals surface area contributed by atoms with Gasteiger partial charge in [-0.15, -0.1) is 0 Å². The molecule has 0 saturated heterocycles. The van der Waals surface area contributed by atoms with Gasteiger partial charge < -0.3 is 16.2 Å². The Hall–Kier alpha value is -1.31. The fourth-order valence-corrected chi connectivity index (χ4v) is 2.86. The molecule has 1 atom stereocenters. The average molecular weight is 301 g/mol. The van der Waals surface area contributed by atoms with Gasteiger partial charge in [-0.1, -0.05) is 6.07 Å². The highest BCUT2D eigenvalue weighted by molar-refractivity contribution is 7.89. The zero-order valence-electron chi connectivity index (χ0n) is 12.1. The molecule has 4 N–H and O–H groups in total. The first-order chi connectivity index (χ1) is 9.30.